The first-order valence-corrected chi connectivity index (χ1v) is 6.49. The van der Waals surface area contributed by atoms with E-state index in [0.29, 0.717) is 13.1 Å². The maximum atomic E-state index is 12.0. The van der Waals surface area contributed by atoms with Crippen LogP contribution in [0.4, 0.5) is 0 Å². The molecule has 0 saturated heterocycles. The molecular formula is C12H19ClN2O2. The van der Waals surface area contributed by atoms with Gasteiger partial charge in [0, 0.05) is 19.3 Å². The van der Waals surface area contributed by atoms with E-state index in [1.165, 1.54) is 15.3 Å². The zero-order chi connectivity index (χ0) is 12.8. The maximum Gasteiger partial charge on any atom is 0.331 e. The van der Waals surface area contributed by atoms with Crippen molar-refractivity contribution < 1.29 is 0 Å². The molecule has 1 aromatic rings. The molecule has 1 rings (SSSR count). The lowest BCUT2D eigenvalue weighted by molar-refractivity contribution is 0.517. The second-order valence-corrected chi connectivity index (χ2v) is 4.52. The van der Waals surface area contributed by atoms with E-state index >= 15 is 0 Å². The lowest BCUT2D eigenvalue weighted by atomic mass is 10.3. The summed E-state index contributed by atoms with van der Waals surface area (Å²) in [7, 11) is 0. The highest BCUT2D eigenvalue weighted by Gasteiger charge is 2.08. The Morgan fingerprint density at radius 2 is 1.71 bits per heavy atom. The minimum atomic E-state index is -0.377. The van der Waals surface area contributed by atoms with Crippen LogP contribution in [-0.2, 0) is 13.1 Å². The van der Waals surface area contributed by atoms with Gasteiger partial charge in [-0.05, 0) is 12.8 Å². The standard InChI is InChI=1S/C12H19ClN2O2/c1-3-5-7-14-9-10(13)11(16)15(12(14)17)8-6-4-2/h9H,3-8H2,1-2H3. The van der Waals surface area contributed by atoms with E-state index in [4.69, 9.17) is 11.6 Å². The molecule has 96 valence electrons. The minimum absolute atomic E-state index is 0.122. The molecule has 0 aliphatic carbocycles. The van der Waals surface area contributed by atoms with Crippen LogP contribution in [-0.4, -0.2) is 9.13 Å². The van der Waals surface area contributed by atoms with E-state index in [0.717, 1.165) is 25.7 Å². The van der Waals surface area contributed by atoms with E-state index < -0.39 is 0 Å². The second-order valence-electron chi connectivity index (χ2n) is 4.12. The maximum absolute atomic E-state index is 12.0. The molecule has 0 spiro atoms. The SMILES string of the molecule is CCCCn1cc(Cl)c(=O)n(CCCC)c1=O. The molecule has 17 heavy (non-hydrogen) atoms. The van der Waals surface area contributed by atoms with Gasteiger partial charge in [-0.15, -0.1) is 0 Å². The first kappa shape index (κ1) is 14.0. The third kappa shape index (κ3) is 3.46. The number of rotatable bonds is 6. The molecule has 4 nitrogen and oxygen atoms in total. The Bertz CT molecular complexity index is 476. The summed E-state index contributed by atoms with van der Waals surface area (Å²) in [5.41, 5.74) is -0.626. The van der Waals surface area contributed by atoms with Crippen LogP contribution in [0, 0.1) is 0 Å². The average Bonchev–Trinajstić information content (AvgIpc) is 2.32. The van der Waals surface area contributed by atoms with Gasteiger partial charge >= 0.3 is 5.69 Å². The van der Waals surface area contributed by atoms with Crippen molar-refractivity contribution in [1.82, 2.24) is 9.13 Å². The fraction of sp³-hybridized carbons (Fsp3) is 0.667. The normalized spacial score (nSPS) is 10.8. The fourth-order valence-corrected chi connectivity index (χ4v) is 1.84. The summed E-state index contributed by atoms with van der Waals surface area (Å²) in [5, 5.41) is 0.122. The first-order chi connectivity index (χ1) is 8.11. The van der Waals surface area contributed by atoms with Crippen LogP contribution in [0.2, 0.25) is 5.02 Å². The van der Waals surface area contributed by atoms with Crippen molar-refractivity contribution in [3.8, 4) is 0 Å². The largest absolute Gasteiger partial charge is 0.331 e. The zero-order valence-corrected chi connectivity index (χ0v) is 11.2. The van der Waals surface area contributed by atoms with E-state index in [1.807, 2.05) is 6.92 Å². The highest BCUT2D eigenvalue weighted by molar-refractivity contribution is 6.30. The number of nitrogens with zero attached hydrogens (tertiary/aromatic N) is 2. The molecule has 0 saturated carbocycles. The molecule has 1 aromatic heterocycles. The predicted molar refractivity (Wildman–Crippen MR) is 69.8 cm³/mol. The monoisotopic (exact) mass is 258 g/mol. The fourth-order valence-electron chi connectivity index (χ4n) is 1.62. The van der Waals surface area contributed by atoms with Crippen molar-refractivity contribution in [2.45, 2.75) is 52.6 Å². The van der Waals surface area contributed by atoms with Crippen LogP contribution in [0.25, 0.3) is 0 Å². The molecule has 5 heteroatoms. The number of halogens is 1. The predicted octanol–water partition coefficient (Wildman–Crippen LogP) is 2.26. The Morgan fingerprint density at radius 1 is 1.12 bits per heavy atom. The number of hydrogen-bond donors (Lipinski definition) is 0. The number of unbranched alkanes of at least 4 members (excludes halogenated alkanes) is 2. The van der Waals surface area contributed by atoms with Gasteiger partial charge in [0.2, 0.25) is 0 Å². The molecule has 0 bridgehead atoms. The van der Waals surface area contributed by atoms with Crippen LogP contribution >= 0.6 is 11.6 Å². The third-order valence-corrected chi connectivity index (χ3v) is 2.94. The number of aryl methyl sites for hydroxylation is 1. The van der Waals surface area contributed by atoms with Crippen LogP contribution in [0.15, 0.2) is 15.8 Å². The van der Waals surface area contributed by atoms with Crippen molar-refractivity contribution in [2.75, 3.05) is 0 Å². The van der Waals surface area contributed by atoms with Crippen molar-refractivity contribution in [1.29, 1.82) is 0 Å². The summed E-state index contributed by atoms with van der Waals surface area (Å²) in [6.45, 7) is 5.13. The van der Waals surface area contributed by atoms with Gasteiger partial charge in [-0.2, -0.15) is 0 Å². The molecule has 0 fully saturated rings. The second kappa shape index (κ2) is 6.64. The van der Waals surface area contributed by atoms with Gasteiger partial charge in [0.05, 0.1) is 0 Å². The molecule has 0 aliphatic rings. The molecule has 0 amide bonds. The van der Waals surface area contributed by atoms with Crippen LogP contribution < -0.4 is 11.2 Å². The number of hydrogen-bond acceptors (Lipinski definition) is 2. The van der Waals surface area contributed by atoms with Crippen molar-refractivity contribution in [3.05, 3.63) is 32.1 Å². The van der Waals surface area contributed by atoms with Gasteiger partial charge in [0.1, 0.15) is 5.02 Å². The van der Waals surface area contributed by atoms with Gasteiger partial charge in [0.15, 0.2) is 0 Å². The van der Waals surface area contributed by atoms with E-state index in [2.05, 4.69) is 6.92 Å². The highest BCUT2D eigenvalue weighted by Crippen LogP contribution is 2.00. The number of aromatic nitrogens is 2. The Hall–Kier alpha value is -1.03. The summed E-state index contributed by atoms with van der Waals surface area (Å²) < 4.78 is 2.77. The first-order valence-electron chi connectivity index (χ1n) is 6.11. The Kier molecular flexibility index (Phi) is 5.48. The zero-order valence-electron chi connectivity index (χ0n) is 10.4. The van der Waals surface area contributed by atoms with Gasteiger partial charge in [-0.3, -0.25) is 13.9 Å². The van der Waals surface area contributed by atoms with Gasteiger partial charge in [-0.25, -0.2) is 4.79 Å². The van der Waals surface area contributed by atoms with Crippen LogP contribution in [0.1, 0.15) is 39.5 Å². The van der Waals surface area contributed by atoms with Crippen LogP contribution in [0.5, 0.6) is 0 Å². The Morgan fingerprint density at radius 3 is 2.29 bits per heavy atom. The Labute approximate surface area is 106 Å². The molecule has 0 N–H and O–H groups in total. The van der Waals surface area contributed by atoms with Crippen molar-refractivity contribution in [2.24, 2.45) is 0 Å². The lowest BCUT2D eigenvalue weighted by Crippen LogP contribution is -2.39. The van der Waals surface area contributed by atoms with Crippen LogP contribution in [0.3, 0.4) is 0 Å². The molecule has 0 aliphatic heterocycles. The van der Waals surface area contributed by atoms with E-state index in [-0.39, 0.29) is 16.3 Å². The van der Waals surface area contributed by atoms with Gasteiger partial charge < -0.3 is 0 Å². The molecule has 0 aromatic carbocycles. The summed E-state index contributed by atoms with van der Waals surface area (Å²) in [6.07, 6.45) is 5.10. The summed E-state index contributed by atoms with van der Waals surface area (Å²) in [4.78, 5) is 23.8. The summed E-state index contributed by atoms with van der Waals surface area (Å²) in [6, 6.07) is 0. The molecule has 0 atom stereocenters. The van der Waals surface area contributed by atoms with Crippen molar-refractivity contribution >= 4 is 11.6 Å². The van der Waals surface area contributed by atoms with Gasteiger partial charge in [-0.1, -0.05) is 38.3 Å². The third-order valence-electron chi connectivity index (χ3n) is 2.68. The molecule has 0 unspecified atom stereocenters. The topological polar surface area (TPSA) is 44.0 Å². The summed E-state index contributed by atoms with van der Waals surface area (Å²) in [5.74, 6) is 0. The van der Waals surface area contributed by atoms with Gasteiger partial charge in [0.25, 0.3) is 5.56 Å². The summed E-state index contributed by atoms with van der Waals surface area (Å²) >= 11 is 5.86. The average molecular weight is 259 g/mol. The molecule has 1 heterocycles. The Balaban J connectivity index is 3.13. The molecule has 0 radical (unpaired) electrons. The van der Waals surface area contributed by atoms with E-state index in [9.17, 15) is 9.59 Å². The molecular weight excluding hydrogens is 240 g/mol. The highest BCUT2D eigenvalue weighted by atomic mass is 35.5. The minimum Gasteiger partial charge on any atom is -0.299 e. The van der Waals surface area contributed by atoms with E-state index in [1.54, 1.807) is 0 Å². The smallest absolute Gasteiger partial charge is 0.299 e. The quantitative estimate of drug-likeness (QED) is 0.786. The lowest BCUT2D eigenvalue weighted by Gasteiger charge is -2.10. The van der Waals surface area contributed by atoms with Crippen molar-refractivity contribution in [3.63, 3.8) is 0 Å².